The lowest BCUT2D eigenvalue weighted by Gasteiger charge is -2.50. The summed E-state index contributed by atoms with van der Waals surface area (Å²) in [5.74, 6) is 7.93. The number of para-hydroxylation sites is 1. The van der Waals surface area contributed by atoms with Gasteiger partial charge in [-0.25, -0.2) is 0 Å². The first kappa shape index (κ1) is 16.4. The Bertz CT molecular complexity index is 641. The molecule has 0 spiro atoms. The molecule has 3 rings (SSSR count). The van der Waals surface area contributed by atoms with Crippen LogP contribution in [0.1, 0.15) is 45.3 Å². The maximum absolute atomic E-state index is 6.55. The lowest BCUT2D eigenvalue weighted by molar-refractivity contribution is -0.169. The van der Waals surface area contributed by atoms with Gasteiger partial charge in [0.25, 0.3) is 0 Å². The van der Waals surface area contributed by atoms with Crippen LogP contribution in [0.25, 0.3) is 0 Å². The average Bonchev–Trinajstić information content (AvgIpc) is 2.46. The number of nitrogens with zero attached hydrogens (tertiary/aromatic N) is 1. The molecule has 0 radical (unpaired) electrons. The molecule has 3 nitrogen and oxygen atoms in total. The summed E-state index contributed by atoms with van der Waals surface area (Å²) in [5.41, 5.74) is 0.576. The minimum absolute atomic E-state index is 0.0577. The van der Waals surface area contributed by atoms with Gasteiger partial charge in [-0.15, -0.1) is 0 Å². The summed E-state index contributed by atoms with van der Waals surface area (Å²) in [6.45, 7) is 7.23. The molecule has 124 valence electrons. The van der Waals surface area contributed by atoms with Gasteiger partial charge in [-0.1, -0.05) is 30.0 Å². The van der Waals surface area contributed by atoms with Gasteiger partial charge in [0, 0.05) is 11.5 Å². The molecule has 0 N–H and O–H groups in total. The Balaban J connectivity index is 1.90. The highest BCUT2D eigenvalue weighted by atomic mass is 16.5. The summed E-state index contributed by atoms with van der Waals surface area (Å²) in [6, 6.07) is 8.25. The standard InChI is InChI=1S/C20H27NO2/c1-19(2)16-11-13-20(3,12-8-14-21(4)5)23-18(16)15-9-6-7-10-17(15)22-19/h6-7,9-10,16,18H,11,13-14H2,1-5H3/t16-,18-,20-/m1/s1. The maximum atomic E-state index is 6.55. The molecule has 0 bridgehead atoms. The Hall–Kier alpha value is -1.50. The molecule has 23 heavy (non-hydrogen) atoms. The highest BCUT2D eigenvalue weighted by molar-refractivity contribution is 5.39. The number of rotatable bonds is 1. The largest absolute Gasteiger partial charge is 0.487 e. The van der Waals surface area contributed by atoms with Gasteiger partial charge in [0.2, 0.25) is 0 Å². The molecule has 0 aromatic heterocycles. The molecule has 2 heterocycles. The molecule has 0 amide bonds. The quantitative estimate of drug-likeness (QED) is 0.739. The van der Waals surface area contributed by atoms with Gasteiger partial charge in [-0.3, -0.25) is 4.90 Å². The molecule has 0 saturated carbocycles. The van der Waals surface area contributed by atoms with Crippen molar-refractivity contribution in [1.82, 2.24) is 4.90 Å². The lowest BCUT2D eigenvalue weighted by Crippen LogP contribution is -2.50. The predicted molar refractivity (Wildman–Crippen MR) is 92.4 cm³/mol. The van der Waals surface area contributed by atoms with E-state index in [2.05, 4.69) is 49.6 Å². The average molecular weight is 313 g/mol. The van der Waals surface area contributed by atoms with Crippen LogP contribution in [0.15, 0.2) is 24.3 Å². The summed E-state index contributed by atoms with van der Waals surface area (Å²) in [7, 11) is 4.07. The fourth-order valence-electron chi connectivity index (χ4n) is 3.64. The molecule has 1 aromatic carbocycles. The number of ether oxygens (including phenoxy) is 2. The zero-order valence-electron chi connectivity index (χ0n) is 14.8. The van der Waals surface area contributed by atoms with Crippen LogP contribution >= 0.6 is 0 Å². The van der Waals surface area contributed by atoms with E-state index < -0.39 is 0 Å². The molecule has 0 aliphatic carbocycles. The van der Waals surface area contributed by atoms with Gasteiger partial charge in [0.15, 0.2) is 0 Å². The van der Waals surface area contributed by atoms with E-state index in [9.17, 15) is 0 Å². The normalized spacial score (nSPS) is 31.4. The van der Waals surface area contributed by atoms with Crippen LogP contribution in [-0.4, -0.2) is 36.7 Å². The Morgan fingerprint density at radius 2 is 1.96 bits per heavy atom. The van der Waals surface area contributed by atoms with Crippen molar-refractivity contribution in [3.8, 4) is 17.6 Å². The monoisotopic (exact) mass is 313 g/mol. The number of hydrogen-bond acceptors (Lipinski definition) is 3. The molecule has 1 saturated heterocycles. The first-order valence-corrected chi connectivity index (χ1v) is 8.41. The second-order valence-electron chi connectivity index (χ2n) is 7.70. The van der Waals surface area contributed by atoms with Crippen LogP contribution in [0.4, 0.5) is 0 Å². The van der Waals surface area contributed by atoms with Crippen LogP contribution in [0.2, 0.25) is 0 Å². The first-order valence-electron chi connectivity index (χ1n) is 8.41. The van der Waals surface area contributed by atoms with Gasteiger partial charge in [0.05, 0.1) is 12.6 Å². The zero-order chi connectivity index (χ0) is 16.7. The number of hydrogen-bond donors (Lipinski definition) is 0. The van der Waals surface area contributed by atoms with Crippen molar-refractivity contribution in [2.75, 3.05) is 20.6 Å². The minimum atomic E-state index is -0.377. The molecular weight excluding hydrogens is 286 g/mol. The van der Waals surface area contributed by atoms with E-state index in [1.165, 1.54) is 0 Å². The maximum Gasteiger partial charge on any atom is 0.126 e. The van der Waals surface area contributed by atoms with E-state index in [0.29, 0.717) is 5.92 Å². The van der Waals surface area contributed by atoms with E-state index in [1.807, 2.05) is 26.2 Å². The lowest BCUT2D eigenvalue weighted by atomic mass is 9.73. The number of benzene rings is 1. The third-order valence-corrected chi connectivity index (χ3v) is 4.92. The first-order chi connectivity index (χ1) is 10.8. The fourth-order valence-corrected chi connectivity index (χ4v) is 3.64. The van der Waals surface area contributed by atoms with Crippen molar-refractivity contribution in [2.45, 2.75) is 50.9 Å². The SMILES string of the molecule is CN(C)CC#C[C@]1(C)CC[C@@H]2[C@H](O1)c1ccccc1OC2(C)C. The third-order valence-electron chi connectivity index (χ3n) is 4.92. The van der Waals surface area contributed by atoms with Crippen LogP contribution < -0.4 is 4.74 Å². The smallest absolute Gasteiger partial charge is 0.126 e. The highest BCUT2D eigenvalue weighted by Gasteiger charge is 2.49. The summed E-state index contributed by atoms with van der Waals surface area (Å²) in [4.78, 5) is 2.08. The molecular formula is C20H27NO2. The van der Waals surface area contributed by atoms with Crippen LogP contribution in [-0.2, 0) is 4.74 Å². The predicted octanol–water partition coefficient (Wildman–Crippen LogP) is 3.65. The van der Waals surface area contributed by atoms with Crippen molar-refractivity contribution >= 4 is 0 Å². The van der Waals surface area contributed by atoms with Crippen LogP contribution in [0.3, 0.4) is 0 Å². The number of fused-ring (bicyclic) bond motifs is 3. The van der Waals surface area contributed by atoms with E-state index >= 15 is 0 Å². The van der Waals surface area contributed by atoms with Crippen molar-refractivity contribution in [3.63, 3.8) is 0 Å². The Labute approximate surface area is 140 Å². The Kier molecular flexibility index (Phi) is 4.16. The zero-order valence-corrected chi connectivity index (χ0v) is 14.8. The van der Waals surface area contributed by atoms with Crippen molar-refractivity contribution in [2.24, 2.45) is 5.92 Å². The van der Waals surface area contributed by atoms with Gasteiger partial charge >= 0.3 is 0 Å². The molecule has 1 aromatic rings. The van der Waals surface area contributed by atoms with Crippen LogP contribution in [0, 0.1) is 17.8 Å². The van der Waals surface area contributed by atoms with Gasteiger partial charge in [-0.05, 0) is 53.8 Å². The van der Waals surface area contributed by atoms with E-state index in [0.717, 1.165) is 30.7 Å². The third kappa shape index (κ3) is 3.24. The minimum Gasteiger partial charge on any atom is -0.487 e. The molecule has 2 aliphatic rings. The second-order valence-corrected chi connectivity index (χ2v) is 7.70. The van der Waals surface area contributed by atoms with Gasteiger partial charge in [0.1, 0.15) is 17.0 Å². The summed E-state index contributed by atoms with van der Waals surface area (Å²) < 4.78 is 12.8. The molecule has 3 heteroatoms. The summed E-state index contributed by atoms with van der Waals surface area (Å²) >= 11 is 0. The summed E-state index contributed by atoms with van der Waals surface area (Å²) in [6.07, 6.45) is 2.07. The van der Waals surface area contributed by atoms with Crippen molar-refractivity contribution in [1.29, 1.82) is 0 Å². The molecule has 2 aliphatic heterocycles. The molecule has 1 fully saturated rings. The Morgan fingerprint density at radius 3 is 2.70 bits per heavy atom. The topological polar surface area (TPSA) is 21.7 Å². The van der Waals surface area contributed by atoms with E-state index in [-0.39, 0.29) is 17.3 Å². The van der Waals surface area contributed by atoms with E-state index in [4.69, 9.17) is 9.47 Å². The summed E-state index contributed by atoms with van der Waals surface area (Å²) in [5, 5.41) is 0. The second kappa shape index (κ2) is 5.85. The molecule has 3 atom stereocenters. The highest BCUT2D eigenvalue weighted by Crippen LogP contribution is 2.52. The van der Waals surface area contributed by atoms with Crippen molar-refractivity contribution < 1.29 is 9.47 Å². The Morgan fingerprint density at radius 1 is 1.22 bits per heavy atom. The van der Waals surface area contributed by atoms with E-state index in [1.54, 1.807) is 0 Å². The van der Waals surface area contributed by atoms with Gasteiger partial charge in [-0.2, -0.15) is 0 Å². The fraction of sp³-hybridized carbons (Fsp3) is 0.600. The van der Waals surface area contributed by atoms with Gasteiger partial charge < -0.3 is 9.47 Å². The van der Waals surface area contributed by atoms with Crippen molar-refractivity contribution in [3.05, 3.63) is 29.8 Å². The molecule has 0 unspecified atom stereocenters. The van der Waals surface area contributed by atoms with Crippen LogP contribution in [0.5, 0.6) is 5.75 Å².